The van der Waals surface area contributed by atoms with Gasteiger partial charge < -0.3 is 5.11 Å². The van der Waals surface area contributed by atoms with Crippen molar-refractivity contribution in [2.24, 2.45) is 11.3 Å². The Hall–Kier alpha value is -0.0500. The molecule has 14 heavy (non-hydrogen) atoms. The third kappa shape index (κ3) is 2.13. The summed E-state index contributed by atoms with van der Waals surface area (Å²) in [5, 5.41) is 9.95. The van der Waals surface area contributed by atoms with Crippen LogP contribution in [0.15, 0.2) is 12.1 Å². The van der Waals surface area contributed by atoms with Crippen LogP contribution in [0.25, 0.3) is 0 Å². The minimum absolute atomic E-state index is 0.195. The number of hydrogen-bond acceptors (Lipinski definition) is 2. The lowest BCUT2D eigenvalue weighted by Crippen LogP contribution is -2.15. The molecule has 1 aromatic heterocycles. The lowest BCUT2D eigenvalue weighted by Gasteiger charge is -2.10. The van der Waals surface area contributed by atoms with Crippen LogP contribution in [0.4, 0.5) is 0 Å². The second kappa shape index (κ2) is 3.51. The van der Waals surface area contributed by atoms with E-state index in [-0.39, 0.29) is 6.10 Å². The average Bonchev–Trinajstić information content (AvgIpc) is 2.51. The van der Waals surface area contributed by atoms with Gasteiger partial charge in [0.2, 0.25) is 0 Å². The van der Waals surface area contributed by atoms with Gasteiger partial charge in [0.05, 0.1) is 10.4 Å². The van der Waals surface area contributed by atoms with E-state index in [0.29, 0.717) is 11.3 Å². The highest BCUT2D eigenvalue weighted by molar-refractivity contribution is 7.16. The van der Waals surface area contributed by atoms with Crippen molar-refractivity contribution in [1.29, 1.82) is 0 Å². The van der Waals surface area contributed by atoms with E-state index in [1.165, 1.54) is 4.88 Å². The van der Waals surface area contributed by atoms with Crippen molar-refractivity contribution in [2.45, 2.75) is 32.8 Å². The van der Waals surface area contributed by atoms with Crippen LogP contribution in [0.1, 0.15) is 25.1 Å². The number of rotatable bonds is 3. The van der Waals surface area contributed by atoms with Gasteiger partial charge in [0.1, 0.15) is 0 Å². The Bertz CT molecular complexity index is 332. The highest BCUT2D eigenvalue weighted by Crippen LogP contribution is 2.54. The Morgan fingerprint density at radius 3 is 2.71 bits per heavy atom. The zero-order valence-electron chi connectivity index (χ0n) is 8.46. The lowest BCUT2D eigenvalue weighted by molar-refractivity contribution is 0.137. The topological polar surface area (TPSA) is 20.2 Å². The van der Waals surface area contributed by atoms with Gasteiger partial charge in [-0.1, -0.05) is 25.4 Å². The summed E-state index contributed by atoms with van der Waals surface area (Å²) in [5.74, 6) is 0.475. The first-order chi connectivity index (χ1) is 6.49. The summed E-state index contributed by atoms with van der Waals surface area (Å²) < 4.78 is 0.808. The second-order valence-electron chi connectivity index (χ2n) is 4.78. The molecule has 1 nitrogen and oxygen atoms in total. The molecule has 1 aliphatic rings. The van der Waals surface area contributed by atoms with Crippen molar-refractivity contribution in [3.05, 3.63) is 21.3 Å². The van der Waals surface area contributed by atoms with Crippen molar-refractivity contribution in [3.8, 4) is 0 Å². The molecule has 0 radical (unpaired) electrons. The first-order valence-electron chi connectivity index (χ1n) is 4.91. The maximum absolute atomic E-state index is 9.95. The molecule has 0 bridgehead atoms. The van der Waals surface area contributed by atoms with Crippen molar-refractivity contribution in [2.75, 3.05) is 0 Å². The zero-order valence-corrected chi connectivity index (χ0v) is 10.0. The SMILES string of the molecule is CC1(C)CC1C(O)Cc1ccc(Cl)s1. The predicted octanol–water partition coefficient (Wildman–Crippen LogP) is 3.35. The zero-order chi connectivity index (χ0) is 10.3. The van der Waals surface area contributed by atoms with Crippen molar-refractivity contribution < 1.29 is 5.11 Å². The van der Waals surface area contributed by atoms with E-state index < -0.39 is 0 Å². The number of thiophene rings is 1. The molecule has 3 heteroatoms. The van der Waals surface area contributed by atoms with Gasteiger partial charge >= 0.3 is 0 Å². The Kier molecular flexibility index (Phi) is 2.63. The van der Waals surface area contributed by atoms with Crippen LogP contribution in [0, 0.1) is 11.3 Å². The fraction of sp³-hybridized carbons (Fsp3) is 0.636. The molecule has 1 aromatic rings. The van der Waals surface area contributed by atoms with Crippen molar-refractivity contribution in [3.63, 3.8) is 0 Å². The molecule has 1 aliphatic carbocycles. The molecule has 0 amide bonds. The van der Waals surface area contributed by atoms with Gasteiger partial charge in [-0.3, -0.25) is 0 Å². The normalized spacial score (nSPS) is 26.1. The van der Waals surface area contributed by atoms with Crippen LogP contribution in [-0.4, -0.2) is 11.2 Å². The van der Waals surface area contributed by atoms with E-state index in [9.17, 15) is 5.11 Å². The van der Waals surface area contributed by atoms with Crippen molar-refractivity contribution >= 4 is 22.9 Å². The number of hydrogen-bond donors (Lipinski definition) is 1. The van der Waals surface area contributed by atoms with Crippen LogP contribution in [0.2, 0.25) is 4.34 Å². The van der Waals surface area contributed by atoms with Crippen molar-refractivity contribution in [1.82, 2.24) is 0 Å². The Morgan fingerprint density at radius 1 is 1.64 bits per heavy atom. The fourth-order valence-corrected chi connectivity index (χ4v) is 3.11. The van der Waals surface area contributed by atoms with Gasteiger partial charge in [-0.2, -0.15) is 0 Å². The molecule has 0 spiro atoms. The largest absolute Gasteiger partial charge is 0.392 e. The Labute approximate surface area is 93.7 Å². The third-order valence-electron chi connectivity index (χ3n) is 3.09. The third-order valence-corrected chi connectivity index (χ3v) is 4.35. The molecule has 0 aliphatic heterocycles. The van der Waals surface area contributed by atoms with Gasteiger partial charge in [0.15, 0.2) is 0 Å². The highest BCUT2D eigenvalue weighted by Gasteiger charge is 2.49. The van der Waals surface area contributed by atoms with E-state index in [0.717, 1.165) is 17.2 Å². The summed E-state index contributed by atoms with van der Waals surface area (Å²) in [6.45, 7) is 4.42. The quantitative estimate of drug-likeness (QED) is 0.845. The molecule has 0 saturated heterocycles. The summed E-state index contributed by atoms with van der Waals surface area (Å²) in [6, 6.07) is 3.90. The molecule has 78 valence electrons. The summed E-state index contributed by atoms with van der Waals surface area (Å²) >= 11 is 7.40. The Morgan fingerprint density at radius 2 is 2.29 bits per heavy atom. The lowest BCUT2D eigenvalue weighted by atomic mass is 10.0. The van der Waals surface area contributed by atoms with E-state index in [4.69, 9.17) is 11.6 Å². The summed E-state index contributed by atoms with van der Waals surface area (Å²) in [4.78, 5) is 1.19. The van der Waals surface area contributed by atoms with Crippen LogP contribution >= 0.6 is 22.9 Å². The number of aliphatic hydroxyl groups is 1. The first-order valence-corrected chi connectivity index (χ1v) is 6.11. The second-order valence-corrected chi connectivity index (χ2v) is 6.58. The van der Waals surface area contributed by atoms with E-state index in [1.54, 1.807) is 11.3 Å². The molecular weight excluding hydrogens is 216 g/mol. The molecule has 1 N–H and O–H groups in total. The van der Waals surface area contributed by atoms with E-state index in [1.807, 2.05) is 12.1 Å². The number of halogens is 1. The maximum Gasteiger partial charge on any atom is 0.0931 e. The van der Waals surface area contributed by atoms with Gasteiger partial charge in [0, 0.05) is 11.3 Å². The smallest absolute Gasteiger partial charge is 0.0931 e. The predicted molar refractivity (Wildman–Crippen MR) is 60.9 cm³/mol. The molecule has 1 heterocycles. The van der Waals surface area contributed by atoms with Crippen LogP contribution in [0.3, 0.4) is 0 Å². The standard InChI is InChI=1S/C11H15ClOS/c1-11(2)6-8(11)9(13)5-7-3-4-10(12)14-7/h3-4,8-9,13H,5-6H2,1-2H3. The van der Waals surface area contributed by atoms with Gasteiger partial charge in [-0.15, -0.1) is 11.3 Å². The maximum atomic E-state index is 9.95. The molecule has 2 rings (SSSR count). The first kappa shape index (κ1) is 10.5. The average molecular weight is 231 g/mol. The molecule has 2 atom stereocenters. The fourth-order valence-electron chi connectivity index (χ4n) is 1.97. The summed E-state index contributed by atoms with van der Waals surface area (Å²) in [6.07, 6.45) is 1.71. The molecule has 2 unspecified atom stereocenters. The van der Waals surface area contributed by atoms with Crippen LogP contribution in [-0.2, 0) is 6.42 Å². The minimum atomic E-state index is -0.195. The molecule has 1 fully saturated rings. The molecule has 0 aromatic carbocycles. The minimum Gasteiger partial charge on any atom is -0.392 e. The Balaban J connectivity index is 1.93. The van der Waals surface area contributed by atoms with Gasteiger partial charge in [-0.05, 0) is 29.9 Å². The summed E-state index contributed by atoms with van der Waals surface area (Å²) in [5.41, 5.74) is 0.348. The van der Waals surface area contributed by atoms with E-state index in [2.05, 4.69) is 13.8 Å². The van der Waals surface area contributed by atoms with Gasteiger partial charge in [0.25, 0.3) is 0 Å². The summed E-state index contributed by atoms with van der Waals surface area (Å²) in [7, 11) is 0. The van der Waals surface area contributed by atoms with Gasteiger partial charge in [-0.25, -0.2) is 0 Å². The molecular formula is C11H15ClOS. The number of aliphatic hydroxyl groups excluding tert-OH is 1. The molecule has 1 saturated carbocycles. The van der Waals surface area contributed by atoms with Crippen LogP contribution in [0.5, 0.6) is 0 Å². The van der Waals surface area contributed by atoms with E-state index >= 15 is 0 Å². The van der Waals surface area contributed by atoms with Crippen LogP contribution < -0.4 is 0 Å². The monoisotopic (exact) mass is 230 g/mol. The highest BCUT2D eigenvalue weighted by atomic mass is 35.5.